The van der Waals surface area contributed by atoms with E-state index < -0.39 is 6.04 Å². The SMILES string of the molecule is Cc1ccc(F)cc1-c1noc([C@@H](N)c2ccccc2)n1. The Hall–Kier alpha value is -2.53. The lowest BCUT2D eigenvalue weighted by atomic mass is 10.1. The Balaban J connectivity index is 1.95. The van der Waals surface area contributed by atoms with E-state index in [0.717, 1.165) is 11.1 Å². The van der Waals surface area contributed by atoms with Gasteiger partial charge in [0.05, 0.1) is 0 Å². The average molecular weight is 283 g/mol. The summed E-state index contributed by atoms with van der Waals surface area (Å²) < 4.78 is 18.6. The molecule has 0 bridgehead atoms. The number of nitrogens with zero attached hydrogens (tertiary/aromatic N) is 2. The van der Waals surface area contributed by atoms with Crippen molar-refractivity contribution in [1.29, 1.82) is 0 Å². The number of halogens is 1. The molecule has 1 atom stereocenters. The van der Waals surface area contributed by atoms with Gasteiger partial charge in [0.2, 0.25) is 11.7 Å². The van der Waals surface area contributed by atoms with Crippen molar-refractivity contribution >= 4 is 0 Å². The first-order valence-electron chi connectivity index (χ1n) is 6.56. The zero-order valence-electron chi connectivity index (χ0n) is 11.5. The first kappa shape index (κ1) is 13.5. The Kier molecular flexibility index (Phi) is 3.50. The van der Waals surface area contributed by atoms with Crippen LogP contribution in [-0.2, 0) is 0 Å². The lowest BCUT2D eigenvalue weighted by Crippen LogP contribution is -2.12. The molecule has 0 fully saturated rings. The number of aryl methyl sites for hydroxylation is 1. The molecule has 0 saturated carbocycles. The molecule has 0 saturated heterocycles. The van der Waals surface area contributed by atoms with Crippen molar-refractivity contribution < 1.29 is 8.91 Å². The van der Waals surface area contributed by atoms with Crippen LogP contribution in [0.4, 0.5) is 4.39 Å². The Morgan fingerprint density at radius 3 is 2.67 bits per heavy atom. The molecule has 0 spiro atoms. The van der Waals surface area contributed by atoms with Crippen LogP contribution in [0.15, 0.2) is 53.1 Å². The van der Waals surface area contributed by atoms with Gasteiger partial charge in [-0.15, -0.1) is 0 Å². The molecule has 21 heavy (non-hydrogen) atoms. The fourth-order valence-electron chi connectivity index (χ4n) is 2.11. The second-order valence-corrected chi connectivity index (χ2v) is 4.80. The minimum absolute atomic E-state index is 0.305. The zero-order chi connectivity index (χ0) is 14.8. The van der Waals surface area contributed by atoms with Gasteiger partial charge in [-0.2, -0.15) is 4.98 Å². The third-order valence-electron chi connectivity index (χ3n) is 3.31. The van der Waals surface area contributed by atoms with Gasteiger partial charge in [-0.25, -0.2) is 4.39 Å². The van der Waals surface area contributed by atoms with Gasteiger partial charge in [0, 0.05) is 5.56 Å². The summed E-state index contributed by atoms with van der Waals surface area (Å²) in [6, 6.07) is 13.4. The standard InChI is InChI=1S/C16H14FN3O/c1-10-7-8-12(17)9-13(10)15-19-16(21-20-15)14(18)11-5-3-2-4-6-11/h2-9,14H,18H2,1H3/t14-/m0/s1. The van der Waals surface area contributed by atoms with E-state index in [1.807, 2.05) is 37.3 Å². The Morgan fingerprint density at radius 1 is 1.14 bits per heavy atom. The molecule has 2 N–H and O–H groups in total. The Morgan fingerprint density at radius 2 is 1.90 bits per heavy atom. The highest BCUT2D eigenvalue weighted by Gasteiger charge is 2.18. The molecule has 3 aromatic rings. The van der Waals surface area contributed by atoms with Gasteiger partial charge in [-0.05, 0) is 30.2 Å². The maximum absolute atomic E-state index is 13.4. The summed E-state index contributed by atoms with van der Waals surface area (Å²) in [7, 11) is 0. The van der Waals surface area contributed by atoms with Crippen LogP contribution >= 0.6 is 0 Å². The highest BCUT2D eigenvalue weighted by Crippen LogP contribution is 2.24. The molecule has 2 aromatic carbocycles. The van der Waals surface area contributed by atoms with E-state index in [4.69, 9.17) is 10.3 Å². The van der Waals surface area contributed by atoms with Gasteiger partial charge in [-0.1, -0.05) is 41.6 Å². The highest BCUT2D eigenvalue weighted by molar-refractivity contribution is 5.59. The first-order chi connectivity index (χ1) is 10.1. The first-order valence-corrected chi connectivity index (χ1v) is 6.56. The summed E-state index contributed by atoms with van der Waals surface area (Å²) in [5.41, 5.74) is 8.46. The maximum Gasteiger partial charge on any atom is 0.248 e. The van der Waals surface area contributed by atoms with Crippen LogP contribution in [0.2, 0.25) is 0 Å². The summed E-state index contributed by atoms with van der Waals surface area (Å²) in [5, 5.41) is 3.90. The molecule has 0 amide bonds. The summed E-state index contributed by atoms with van der Waals surface area (Å²) in [5.74, 6) is 0.308. The van der Waals surface area contributed by atoms with Crippen LogP contribution in [0.5, 0.6) is 0 Å². The van der Waals surface area contributed by atoms with E-state index in [0.29, 0.717) is 17.3 Å². The van der Waals surface area contributed by atoms with Crippen molar-refractivity contribution in [2.24, 2.45) is 5.73 Å². The van der Waals surface area contributed by atoms with E-state index in [1.54, 1.807) is 6.07 Å². The van der Waals surface area contributed by atoms with Gasteiger partial charge in [0.15, 0.2) is 0 Å². The molecule has 3 rings (SSSR count). The molecule has 106 valence electrons. The number of nitrogens with two attached hydrogens (primary N) is 1. The quantitative estimate of drug-likeness (QED) is 0.801. The van der Waals surface area contributed by atoms with E-state index in [-0.39, 0.29) is 5.82 Å². The number of hydrogen-bond donors (Lipinski definition) is 1. The average Bonchev–Trinajstić information content (AvgIpc) is 2.99. The van der Waals surface area contributed by atoms with Gasteiger partial charge in [-0.3, -0.25) is 0 Å². The number of benzene rings is 2. The van der Waals surface area contributed by atoms with Gasteiger partial charge < -0.3 is 10.3 Å². The minimum Gasteiger partial charge on any atom is -0.337 e. The molecule has 4 nitrogen and oxygen atoms in total. The summed E-state index contributed by atoms with van der Waals surface area (Å²) in [4.78, 5) is 4.29. The smallest absolute Gasteiger partial charge is 0.248 e. The number of hydrogen-bond acceptors (Lipinski definition) is 4. The molecule has 5 heteroatoms. The molecule has 0 aliphatic rings. The second kappa shape index (κ2) is 5.46. The third-order valence-corrected chi connectivity index (χ3v) is 3.31. The van der Waals surface area contributed by atoms with Crippen molar-refractivity contribution in [2.45, 2.75) is 13.0 Å². The van der Waals surface area contributed by atoms with Crippen molar-refractivity contribution in [3.05, 3.63) is 71.4 Å². The van der Waals surface area contributed by atoms with Crippen molar-refractivity contribution in [1.82, 2.24) is 10.1 Å². The lowest BCUT2D eigenvalue weighted by Gasteiger charge is -2.05. The molecule has 0 radical (unpaired) electrons. The van der Waals surface area contributed by atoms with Crippen molar-refractivity contribution in [3.8, 4) is 11.4 Å². The fourth-order valence-corrected chi connectivity index (χ4v) is 2.11. The Bertz CT molecular complexity index is 755. The summed E-state index contributed by atoms with van der Waals surface area (Å²) in [6.07, 6.45) is 0. The Labute approximate surface area is 121 Å². The molecule has 1 aromatic heterocycles. The van der Waals surface area contributed by atoms with Crippen LogP contribution in [0, 0.1) is 12.7 Å². The van der Waals surface area contributed by atoms with Gasteiger partial charge in [0.1, 0.15) is 11.9 Å². The minimum atomic E-state index is -0.499. The van der Waals surface area contributed by atoms with Crippen LogP contribution in [0.25, 0.3) is 11.4 Å². The largest absolute Gasteiger partial charge is 0.337 e. The fraction of sp³-hybridized carbons (Fsp3) is 0.125. The second-order valence-electron chi connectivity index (χ2n) is 4.80. The van der Waals surface area contributed by atoms with E-state index >= 15 is 0 Å². The topological polar surface area (TPSA) is 64.9 Å². The molecule has 1 heterocycles. The molecule has 0 unspecified atom stereocenters. The number of aromatic nitrogens is 2. The van der Waals surface area contributed by atoms with Crippen molar-refractivity contribution in [3.63, 3.8) is 0 Å². The van der Waals surface area contributed by atoms with Gasteiger partial charge in [0.25, 0.3) is 0 Å². The van der Waals surface area contributed by atoms with Crippen molar-refractivity contribution in [2.75, 3.05) is 0 Å². The predicted molar refractivity (Wildman–Crippen MR) is 76.9 cm³/mol. The van der Waals surface area contributed by atoms with E-state index in [9.17, 15) is 4.39 Å². The summed E-state index contributed by atoms with van der Waals surface area (Å²) >= 11 is 0. The molecule has 0 aliphatic heterocycles. The summed E-state index contributed by atoms with van der Waals surface area (Å²) in [6.45, 7) is 1.86. The third kappa shape index (κ3) is 2.68. The molecular weight excluding hydrogens is 269 g/mol. The normalized spacial score (nSPS) is 12.3. The number of rotatable bonds is 3. The zero-order valence-corrected chi connectivity index (χ0v) is 11.5. The molecule has 0 aliphatic carbocycles. The van der Waals surface area contributed by atoms with Crippen LogP contribution in [-0.4, -0.2) is 10.1 Å². The van der Waals surface area contributed by atoms with Crippen LogP contribution in [0.3, 0.4) is 0 Å². The maximum atomic E-state index is 13.4. The van der Waals surface area contributed by atoms with E-state index in [2.05, 4.69) is 10.1 Å². The highest BCUT2D eigenvalue weighted by atomic mass is 19.1. The molecular formula is C16H14FN3O. The van der Waals surface area contributed by atoms with Crippen LogP contribution in [0.1, 0.15) is 23.1 Å². The predicted octanol–water partition coefficient (Wildman–Crippen LogP) is 3.23. The van der Waals surface area contributed by atoms with Gasteiger partial charge >= 0.3 is 0 Å². The lowest BCUT2D eigenvalue weighted by molar-refractivity contribution is 0.367. The monoisotopic (exact) mass is 283 g/mol. The van der Waals surface area contributed by atoms with E-state index in [1.165, 1.54) is 12.1 Å². The van der Waals surface area contributed by atoms with Crippen LogP contribution < -0.4 is 5.73 Å².